The Bertz CT molecular complexity index is 3320. The molecule has 1 aliphatic carbocycles. The van der Waals surface area contributed by atoms with Crippen LogP contribution in [0.3, 0.4) is 0 Å². The van der Waals surface area contributed by atoms with Crippen molar-refractivity contribution in [1.29, 1.82) is 0 Å². The van der Waals surface area contributed by atoms with Gasteiger partial charge in [-0.1, -0.05) is 133 Å². The van der Waals surface area contributed by atoms with Crippen molar-refractivity contribution >= 4 is 54.5 Å². The molecule has 0 radical (unpaired) electrons. The molecule has 0 N–H and O–H groups in total. The lowest BCUT2D eigenvalue weighted by atomic mass is 9.95. The van der Waals surface area contributed by atoms with Crippen molar-refractivity contribution in [2.24, 2.45) is 0 Å². The predicted molar refractivity (Wildman–Crippen MR) is 226 cm³/mol. The molecule has 0 unspecified atom stereocenters. The van der Waals surface area contributed by atoms with Gasteiger partial charge in [0.1, 0.15) is 11.2 Å². The molecule has 2 heteroatoms. The molecule has 250 valence electrons. The quantitative estimate of drug-likeness (QED) is 0.180. The number of hydrogen-bond donors (Lipinski definition) is 0. The summed E-state index contributed by atoms with van der Waals surface area (Å²) < 4.78 is 8.61. The van der Waals surface area contributed by atoms with Crippen LogP contribution < -0.4 is 0 Å². The summed E-state index contributed by atoms with van der Waals surface area (Å²) in [7, 11) is 0. The van der Waals surface area contributed by atoms with Gasteiger partial charge in [-0.05, 0) is 116 Å². The molecule has 12 rings (SSSR count). The zero-order valence-electron chi connectivity index (χ0n) is 29.3. The normalized spacial score (nSPS) is 12.1. The number of benzene rings is 9. The molecule has 2 nitrogen and oxygen atoms in total. The van der Waals surface area contributed by atoms with E-state index < -0.39 is 0 Å². The maximum atomic E-state index is 6.14. The maximum Gasteiger partial charge on any atom is 0.135 e. The number of para-hydroxylation sites is 2. The van der Waals surface area contributed by atoms with Crippen molar-refractivity contribution in [3.05, 3.63) is 188 Å². The number of nitrogens with zero attached hydrogens (tertiary/aromatic N) is 1. The fourth-order valence-corrected chi connectivity index (χ4v) is 9.04. The highest BCUT2D eigenvalue weighted by Crippen LogP contribution is 2.50. The molecule has 0 spiro atoms. The Morgan fingerprint density at radius 2 is 0.889 bits per heavy atom. The molecule has 0 amide bonds. The van der Waals surface area contributed by atoms with E-state index in [-0.39, 0.29) is 0 Å². The molecule has 1 aliphatic rings. The standard InChI is InChI=1S/C52H31NO/c1-2-10-32(11-3-1)33-12-8-13-34(28-33)35-20-23-38-42-24-26-48(43-17-9-16-41(52(42)43)44(38)29-35)53-47-18-6-4-14-39(47)45-30-36(21-25-49(45)53)37-22-27-51-46(31-37)40-15-5-7-19-50(40)54-51/h1-31H. The van der Waals surface area contributed by atoms with Crippen molar-refractivity contribution < 1.29 is 4.42 Å². The number of aromatic nitrogens is 1. The van der Waals surface area contributed by atoms with E-state index in [9.17, 15) is 0 Å². The van der Waals surface area contributed by atoms with E-state index in [0.717, 1.165) is 21.9 Å². The number of furan rings is 1. The van der Waals surface area contributed by atoms with Gasteiger partial charge < -0.3 is 8.98 Å². The minimum Gasteiger partial charge on any atom is -0.456 e. The summed E-state index contributed by atoms with van der Waals surface area (Å²) in [6.07, 6.45) is 0. The third-order valence-electron chi connectivity index (χ3n) is 11.5. The van der Waals surface area contributed by atoms with Crippen molar-refractivity contribution in [2.75, 3.05) is 0 Å². The SMILES string of the molecule is c1ccc(-c2cccc(-c3ccc4c(c3)-c3cccc5c(-n6c7ccccc7c7cc(-c8ccc9oc%10ccccc%10c9c8)ccc76)ccc-4c35)c2)cc1. The molecule has 9 aromatic carbocycles. The molecule has 11 aromatic rings. The second kappa shape index (κ2) is 11.2. The van der Waals surface area contributed by atoms with Gasteiger partial charge in [-0.25, -0.2) is 0 Å². The average molecular weight is 686 g/mol. The van der Waals surface area contributed by atoms with Crippen molar-refractivity contribution in [3.63, 3.8) is 0 Å². The molecule has 54 heavy (non-hydrogen) atoms. The highest BCUT2D eigenvalue weighted by atomic mass is 16.3. The van der Waals surface area contributed by atoms with Crippen molar-refractivity contribution in [3.8, 4) is 61.3 Å². The Hall–Kier alpha value is -7.16. The van der Waals surface area contributed by atoms with Crippen LogP contribution in [0.15, 0.2) is 192 Å². The smallest absolute Gasteiger partial charge is 0.135 e. The van der Waals surface area contributed by atoms with E-state index in [4.69, 9.17) is 4.42 Å². The predicted octanol–water partition coefficient (Wildman–Crippen LogP) is 14.5. The number of fused-ring (bicyclic) bond motifs is 9. The van der Waals surface area contributed by atoms with Gasteiger partial charge in [0.25, 0.3) is 0 Å². The van der Waals surface area contributed by atoms with Crippen LogP contribution in [0, 0.1) is 0 Å². The Kier molecular flexibility index (Phi) is 6.09. The van der Waals surface area contributed by atoms with Gasteiger partial charge in [0, 0.05) is 26.9 Å². The van der Waals surface area contributed by atoms with Crippen LogP contribution >= 0.6 is 0 Å². The largest absolute Gasteiger partial charge is 0.456 e. The van der Waals surface area contributed by atoms with Crippen molar-refractivity contribution in [1.82, 2.24) is 4.57 Å². The molecule has 0 fully saturated rings. The monoisotopic (exact) mass is 685 g/mol. The van der Waals surface area contributed by atoms with E-state index in [2.05, 4.69) is 180 Å². The second-order valence-corrected chi connectivity index (χ2v) is 14.5. The van der Waals surface area contributed by atoms with E-state index in [1.54, 1.807) is 0 Å². The molecule has 0 saturated heterocycles. The second-order valence-electron chi connectivity index (χ2n) is 14.5. The maximum absolute atomic E-state index is 6.14. The topological polar surface area (TPSA) is 18.1 Å². The van der Waals surface area contributed by atoms with Gasteiger partial charge >= 0.3 is 0 Å². The first-order valence-corrected chi connectivity index (χ1v) is 18.6. The third kappa shape index (κ3) is 4.22. The fourth-order valence-electron chi connectivity index (χ4n) is 9.04. The van der Waals surface area contributed by atoms with Gasteiger partial charge in [-0.3, -0.25) is 0 Å². The third-order valence-corrected chi connectivity index (χ3v) is 11.5. The minimum absolute atomic E-state index is 0.917. The van der Waals surface area contributed by atoms with Gasteiger partial charge in [0.05, 0.1) is 16.7 Å². The lowest BCUT2D eigenvalue weighted by Crippen LogP contribution is -1.95. The minimum atomic E-state index is 0.917. The summed E-state index contributed by atoms with van der Waals surface area (Å²) in [6.45, 7) is 0. The molecule has 2 aromatic heterocycles. The van der Waals surface area contributed by atoms with Gasteiger partial charge in [0.2, 0.25) is 0 Å². The van der Waals surface area contributed by atoms with Crippen LogP contribution in [-0.4, -0.2) is 4.57 Å². The lowest BCUT2D eigenvalue weighted by molar-refractivity contribution is 0.669. The van der Waals surface area contributed by atoms with Crippen LogP contribution in [0.2, 0.25) is 0 Å². The van der Waals surface area contributed by atoms with Crippen LogP contribution in [-0.2, 0) is 0 Å². The molecule has 0 atom stereocenters. The van der Waals surface area contributed by atoms with Crippen LogP contribution in [0.25, 0.3) is 116 Å². The Morgan fingerprint density at radius 1 is 0.296 bits per heavy atom. The first kappa shape index (κ1) is 29.4. The van der Waals surface area contributed by atoms with Crippen LogP contribution in [0.1, 0.15) is 0 Å². The van der Waals surface area contributed by atoms with E-state index in [1.165, 1.54) is 93.9 Å². The van der Waals surface area contributed by atoms with E-state index in [1.807, 2.05) is 12.1 Å². The fraction of sp³-hybridized carbons (Fsp3) is 0. The highest BCUT2D eigenvalue weighted by molar-refractivity contribution is 6.19. The van der Waals surface area contributed by atoms with Gasteiger partial charge in [-0.2, -0.15) is 0 Å². The molecule has 0 bridgehead atoms. The number of hydrogen-bond acceptors (Lipinski definition) is 1. The van der Waals surface area contributed by atoms with Gasteiger partial charge in [-0.15, -0.1) is 0 Å². The molecule has 2 heterocycles. The highest BCUT2D eigenvalue weighted by Gasteiger charge is 2.25. The first-order chi connectivity index (χ1) is 26.8. The van der Waals surface area contributed by atoms with E-state index in [0.29, 0.717) is 0 Å². The average Bonchev–Trinajstić information content (AvgIpc) is 3.89. The van der Waals surface area contributed by atoms with Crippen LogP contribution in [0.4, 0.5) is 0 Å². The molecular formula is C52H31NO. The van der Waals surface area contributed by atoms with E-state index >= 15 is 0 Å². The summed E-state index contributed by atoms with van der Waals surface area (Å²) in [4.78, 5) is 0. The first-order valence-electron chi connectivity index (χ1n) is 18.6. The lowest BCUT2D eigenvalue weighted by Gasteiger charge is -2.13. The van der Waals surface area contributed by atoms with Crippen LogP contribution in [0.5, 0.6) is 0 Å². The molecule has 0 aliphatic heterocycles. The summed E-state index contributed by atoms with van der Waals surface area (Å²) >= 11 is 0. The Morgan fingerprint density at radius 3 is 1.80 bits per heavy atom. The zero-order chi connectivity index (χ0) is 35.3. The Balaban J connectivity index is 1.00. The molecule has 0 saturated carbocycles. The Labute approximate surface area is 311 Å². The van der Waals surface area contributed by atoms with Crippen molar-refractivity contribution in [2.45, 2.75) is 0 Å². The summed E-state index contributed by atoms with van der Waals surface area (Å²) in [5, 5.41) is 7.37. The van der Waals surface area contributed by atoms with Gasteiger partial charge in [0.15, 0.2) is 0 Å². The summed E-state index contributed by atoms with van der Waals surface area (Å²) in [6, 6.07) is 68.6. The number of rotatable bonds is 4. The zero-order valence-corrected chi connectivity index (χ0v) is 29.3. The summed E-state index contributed by atoms with van der Waals surface area (Å²) in [5.41, 5.74) is 17.9. The summed E-state index contributed by atoms with van der Waals surface area (Å²) in [5.74, 6) is 0. The molecular weight excluding hydrogens is 655 g/mol.